The van der Waals surface area contributed by atoms with Gasteiger partial charge in [-0.2, -0.15) is 0 Å². The maximum Gasteiger partial charge on any atom is 0.00507 e. The molecule has 1 aliphatic rings. The molecule has 1 aliphatic heterocycles. The van der Waals surface area contributed by atoms with Crippen molar-refractivity contribution in [1.82, 2.24) is 10.2 Å². The van der Waals surface area contributed by atoms with Crippen molar-refractivity contribution in [3.8, 4) is 0 Å². The van der Waals surface area contributed by atoms with E-state index in [0.717, 1.165) is 18.4 Å². The summed E-state index contributed by atoms with van der Waals surface area (Å²) in [4.78, 5) is 2.64. The van der Waals surface area contributed by atoms with Crippen LogP contribution in [0.1, 0.15) is 40.5 Å². The Bertz CT molecular complexity index is 168. The molecule has 1 fully saturated rings. The zero-order chi connectivity index (χ0) is 11.3. The van der Waals surface area contributed by atoms with Crippen LogP contribution in [0.5, 0.6) is 0 Å². The van der Waals surface area contributed by atoms with Gasteiger partial charge in [-0.05, 0) is 51.2 Å². The molecule has 0 saturated carbocycles. The highest BCUT2D eigenvalue weighted by molar-refractivity contribution is 4.78. The van der Waals surface area contributed by atoms with Crippen LogP contribution in [-0.4, -0.2) is 37.1 Å². The van der Waals surface area contributed by atoms with Crippen LogP contribution in [0.25, 0.3) is 0 Å². The number of hydrogen-bond acceptors (Lipinski definition) is 2. The number of rotatable bonds is 6. The normalized spacial score (nSPS) is 25.0. The molecule has 15 heavy (non-hydrogen) atoms. The van der Waals surface area contributed by atoms with E-state index in [2.05, 4.69) is 37.9 Å². The van der Waals surface area contributed by atoms with Gasteiger partial charge in [-0.25, -0.2) is 0 Å². The van der Waals surface area contributed by atoms with Gasteiger partial charge in [0, 0.05) is 12.6 Å². The average Bonchev–Trinajstić information content (AvgIpc) is 2.63. The van der Waals surface area contributed by atoms with Crippen molar-refractivity contribution < 1.29 is 0 Å². The Morgan fingerprint density at radius 3 is 2.60 bits per heavy atom. The molecule has 0 aliphatic carbocycles. The molecule has 90 valence electrons. The fourth-order valence-corrected chi connectivity index (χ4v) is 2.44. The van der Waals surface area contributed by atoms with Gasteiger partial charge in [0.1, 0.15) is 0 Å². The predicted octanol–water partition coefficient (Wildman–Crippen LogP) is 2.35. The van der Waals surface area contributed by atoms with Crippen LogP contribution in [0.2, 0.25) is 0 Å². The second-order valence-corrected chi connectivity index (χ2v) is 5.34. The minimum atomic E-state index is 0.674. The van der Waals surface area contributed by atoms with E-state index in [0.29, 0.717) is 6.04 Å². The first-order valence-corrected chi connectivity index (χ1v) is 6.59. The highest BCUT2D eigenvalue weighted by Crippen LogP contribution is 2.23. The van der Waals surface area contributed by atoms with Gasteiger partial charge < -0.3 is 10.2 Å². The lowest BCUT2D eigenvalue weighted by Crippen LogP contribution is -2.31. The summed E-state index contributed by atoms with van der Waals surface area (Å²) in [5.41, 5.74) is 0. The van der Waals surface area contributed by atoms with Crippen molar-refractivity contribution in [3.63, 3.8) is 0 Å². The Balaban J connectivity index is 2.13. The minimum absolute atomic E-state index is 0.674. The number of hydrogen-bond donors (Lipinski definition) is 1. The van der Waals surface area contributed by atoms with Crippen LogP contribution in [0, 0.1) is 11.8 Å². The topological polar surface area (TPSA) is 15.3 Å². The number of nitrogens with one attached hydrogen (secondary N) is 1. The summed E-state index contributed by atoms with van der Waals surface area (Å²) in [7, 11) is 0. The summed E-state index contributed by atoms with van der Waals surface area (Å²) in [5.74, 6) is 1.81. The van der Waals surface area contributed by atoms with Crippen molar-refractivity contribution in [1.29, 1.82) is 0 Å². The minimum Gasteiger partial charge on any atom is -0.314 e. The van der Waals surface area contributed by atoms with Crippen molar-refractivity contribution >= 4 is 0 Å². The molecule has 2 nitrogen and oxygen atoms in total. The molecular weight excluding hydrogens is 184 g/mol. The number of nitrogens with zero attached hydrogens (tertiary/aromatic N) is 1. The SMILES string of the molecule is CCNC(C)CCN1CCC(C(C)C)C1. The average molecular weight is 212 g/mol. The molecule has 1 rings (SSSR count). The van der Waals surface area contributed by atoms with Crippen LogP contribution in [-0.2, 0) is 0 Å². The summed E-state index contributed by atoms with van der Waals surface area (Å²) < 4.78 is 0. The zero-order valence-electron chi connectivity index (χ0n) is 10.9. The Kier molecular flexibility index (Phi) is 5.62. The molecular formula is C13H28N2. The van der Waals surface area contributed by atoms with E-state index in [1.54, 1.807) is 0 Å². The molecule has 0 amide bonds. The summed E-state index contributed by atoms with van der Waals surface area (Å²) in [6.45, 7) is 14.2. The van der Waals surface area contributed by atoms with Crippen molar-refractivity contribution in [3.05, 3.63) is 0 Å². The largest absolute Gasteiger partial charge is 0.314 e. The van der Waals surface area contributed by atoms with Gasteiger partial charge in [-0.3, -0.25) is 0 Å². The first-order valence-electron chi connectivity index (χ1n) is 6.59. The number of likely N-dealkylation sites (tertiary alicyclic amines) is 1. The van der Waals surface area contributed by atoms with Crippen LogP contribution in [0.4, 0.5) is 0 Å². The van der Waals surface area contributed by atoms with E-state index in [-0.39, 0.29) is 0 Å². The van der Waals surface area contributed by atoms with E-state index >= 15 is 0 Å². The van der Waals surface area contributed by atoms with Gasteiger partial charge in [0.25, 0.3) is 0 Å². The van der Waals surface area contributed by atoms with E-state index in [1.165, 1.54) is 32.5 Å². The van der Waals surface area contributed by atoms with Gasteiger partial charge in [-0.1, -0.05) is 20.8 Å². The predicted molar refractivity (Wildman–Crippen MR) is 67.1 cm³/mol. The molecule has 0 aromatic rings. The molecule has 1 saturated heterocycles. The van der Waals surface area contributed by atoms with Crippen molar-refractivity contribution in [2.75, 3.05) is 26.2 Å². The molecule has 0 aromatic carbocycles. The fourth-order valence-electron chi connectivity index (χ4n) is 2.44. The zero-order valence-corrected chi connectivity index (χ0v) is 10.9. The lowest BCUT2D eigenvalue weighted by Gasteiger charge is -2.20. The maximum atomic E-state index is 3.48. The maximum absolute atomic E-state index is 3.48. The van der Waals surface area contributed by atoms with E-state index in [9.17, 15) is 0 Å². The van der Waals surface area contributed by atoms with Crippen molar-refractivity contribution in [2.24, 2.45) is 11.8 Å². The first-order chi connectivity index (χ1) is 7.13. The third-order valence-electron chi connectivity index (χ3n) is 3.68. The smallest absolute Gasteiger partial charge is 0.00507 e. The lowest BCUT2D eigenvalue weighted by molar-refractivity contribution is 0.287. The van der Waals surface area contributed by atoms with E-state index in [1.807, 2.05) is 0 Å². The Morgan fingerprint density at radius 1 is 1.33 bits per heavy atom. The Morgan fingerprint density at radius 2 is 2.07 bits per heavy atom. The summed E-state index contributed by atoms with van der Waals surface area (Å²) in [6.07, 6.45) is 2.70. The molecule has 1 N–H and O–H groups in total. The molecule has 1 heterocycles. The monoisotopic (exact) mass is 212 g/mol. The molecule has 0 bridgehead atoms. The summed E-state index contributed by atoms with van der Waals surface area (Å²) in [5, 5.41) is 3.48. The van der Waals surface area contributed by atoms with Gasteiger partial charge in [0.05, 0.1) is 0 Å². The third kappa shape index (κ3) is 4.52. The molecule has 2 atom stereocenters. The molecule has 0 aromatic heterocycles. The highest BCUT2D eigenvalue weighted by Gasteiger charge is 2.24. The summed E-state index contributed by atoms with van der Waals surface area (Å²) >= 11 is 0. The third-order valence-corrected chi connectivity index (χ3v) is 3.68. The van der Waals surface area contributed by atoms with Gasteiger partial charge in [0.2, 0.25) is 0 Å². The summed E-state index contributed by atoms with van der Waals surface area (Å²) in [6, 6.07) is 0.674. The lowest BCUT2D eigenvalue weighted by atomic mass is 9.95. The Hall–Kier alpha value is -0.0800. The quantitative estimate of drug-likeness (QED) is 0.727. The van der Waals surface area contributed by atoms with Gasteiger partial charge in [0.15, 0.2) is 0 Å². The second-order valence-electron chi connectivity index (χ2n) is 5.34. The van der Waals surface area contributed by atoms with Crippen LogP contribution in [0.3, 0.4) is 0 Å². The molecule has 0 spiro atoms. The molecule has 0 radical (unpaired) electrons. The standard InChI is InChI=1S/C13H28N2/c1-5-14-12(4)6-8-15-9-7-13(10-15)11(2)3/h11-14H,5-10H2,1-4H3. The van der Waals surface area contributed by atoms with Crippen LogP contribution in [0.15, 0.2) is 0 Å². The van der Waals surface area contributed by atoms with Gasteiger partial charge in [-0.15, -0.1) is 0 Å². The van der Waals surface area contributed by atoms with Gasteiger partial charge >= 0.3 is 0 Å². The van der Waals surface area contributed by atoms with E-state index in [4.69, 9.17) is 0 Å². The first kappa shape index (κ1) is 13.0. The second kappa shape index (κ2) is 6.49. The van der Waals surface area contributed by atoms with Crippen LogP contribution < -0.4 is 5.32 Å². The fraction of sp³-hybridized carbons (Fsp3) is 1.00. The van der Waals surface area contributed by atoms with Crippen LogP contribution >= 0.6 is 0 Å². The van der Waals surface area contributed by atoms with E-state index < -0.39 is 0 Å². The molecule has 2 unspecified atom stereocenters. The molecule has 2 heteroatoms. The Labute approximate surface area is 95.4 Å². The van der Waals surface area contributed by atoms with Crippen molar-refractivity contribution in [2.45, 2.75) is 46.6 Å². The highest BCUT2D eigenvalue weighted by atomic mass is 15.1.